The Morgan fingerprint density at radius 3 is 2.50 bits per heavy atom. The highest BCUT2D eigenvalue weighted by molar-refractivity contribution is 7.99. The van der Waals surface area contributed by atoms with Crippen molar-refractivity contribution in [3.8, 4) is 0 Å². The molecule has 2 amide bonds. The van der Waals surface area contributed by atoms with Gasteiger partial charge in [0.15, 0.2) is 0 Å². The molecule has 3 aromatic rings. The summed E-state index contributed by atoms with van der Waals surface area (Å²) in [4.78, 5) is 30.4. The number of tetrazole rings is 1. The summed E-state index contributed by atoms with van der Waals surface area (Å²) >= 11 is 8.86. The first-order valence-electron chi connectivity index (χ1n) is 9.99. The number of nitrogens with zero attached hydrogens (tertiary/aromatic N) is 6. The van der Waals surface area contributed by atoms with E-state index >= 15 is 0 Å². The largest absolute Gasteiger partial charge is 0.336 e. The minimum Gasteiger partial charge on any atom is -0.336 e. The molecule has 3 heterocycles. The Hall–Kier alpha value is -2.47. The Morgan fingerprint density at radius 2 is 1.88 bits per heavy atom. The van der Waals surface area contributed by atoms with Gasteiger partial charge in [-0.05, 0) is 46.8 Å². The van der Waals surface area contributed by atoms with E-state index in [0.29, 0.717) is 29.5 Å². The Kier molecular flexibility index (Phi) is 7.40. The van der Waals surface area contributed by atoms with Crippen molar-refractivity contribution in [2.24, 2.45) is 7.05 Å². The SMILES string of the molecule is Cn1nnnc1SCC(=O)Nc1ccc(C(=O)N2CCN(Cc3ccc(Cl)s3)CC2)cc1. The number of amides is 2. The molecule has 1 aromatic carbocycles. The van der Waals surface area contributed by atoms with Crippen LogP contribution in [-0.2, 0) is 18.4 Å². The van der Waals surface area contributed by atoms with E-state index in [1.807, 2.05) is 11.0 Å². The molecule has 0 aliphatic carbocycles. The smallest absolute Gasteiger partial charge is 0.253 e. The zero-order valence-electron chi connectivity index (χ0n) is 17.4. The third-order valence-electron chi connectivity index (χ3n) is 5.00. The summed E-state index contributed by atoms with van der Waals surface area (Å²) in [5, 5.41) is 14.5. The molecule has 1 aliphatic rings. The first kappa shape index (κ1) is 22.7. The number of nitrogens with one attached hydrogen (secondary N) is 1. The third-order valence-corrected chi connectivity index (χ3v) is 7.22. The highest BCUT2D eigenvalue weighted by Crippen LogP contribution is 2.23. The van der Waals surface area contributed by atoms with Crippen LogP contribution in [0.3, 0.4) is 0 Å². The average Bonchev–Trinajstić information content (AvgIpc) is 3.40. The van der Waals surface area contributed by atoms with Gasteiger partial charge in [-0.25, -0.2) is 4.68 Å². The first-order valence-corrected chi connectivity index (χ1v) is 12.2. The number of hydrogen-bond donors (Lipinski definition) is 1. The van der Waals surface area contributed by atoms with Crippen molar-refractivity contribution in [3.05, 3.63) is 51.2 Å². The van der Waals surface area contributed by atoms with Crippen LogP contribution < -0.4 is 5.32 Å². The van der Waals surface area contributed by atoms with E-state index in [9.17, 15) is 9.59 Å². The number of carbonyl (C=O) groups is 2. The van der Waals surface area contributed by atoms with E-state index in [4.69, 9.17) is 11.6 Å². The van der Waals surface area contributed by atoms with Crippen molar-refractivity contribution in [2.45, 2.75) is 11.7 Å². The van der Waals surface area contributed by atoms with Crippen LogP contribution in [0.5, 0.6) is 0 Å². The van der Waals surface area contributed by atoms with Crippen molar-refractivity contribution in [1.82, 2.24) is 30.0 Å². The maximum atomic E-state index is 12.8. The van der Waals surface area contributed by atoms with Gasteiger partial charge in [0.05, 0.1) is 10.1 Å². The second-order valence-electron chi connectivity index (χ2n) is 7.27. The Labute approximate surface area is 198 Å². The van der Waals surface area contributed by atoms with Gasteiger partial charge in [-0.3, -0.25) is 14.5 Å². The molecule has 168 valence electrons. The van der Waals surface area contributed by atoms with Gasteiger partial charge in [0.1, 0.15) is 0 Å². The van der Waals surface area contributed by atoms with Gasteiger partial charge in [-0.1, -0.05) is 23.4 Å². The highest BCUT2D eigenvalue weighted by Gasteiger charge is 2.22. The number of benzene rings is 1. The van der Waals surface area contributed by atoms with E-state index in [-0.39, 0.29) is 17.6 Å². The van der Waals surface area contributed by atoms with Crippen LogP contribution in [0, 0.1) is 0 Å². The molecular formula is C20H22ClN7O2S2. The summed E-state index contributed by atoms with van der Waals surface area (Å²) in [6.07, 6.45) is 0. The van der Waals surface area contributed by atoms with Crippen molar-refractivity contribution in [2.75, 3.05) is 37.2 Å². The topological polar surface area (TPSA) is 96.2 Å². The average molecular weight is 492 g/mol. The summed E-state index contributed by atoms with van der Waals surface area (Å²) in [7, 11) is 1.72. The highest BCUT2D eigenvalue weighted by atomic mass is 35.5. The Balaban J connectivity index is 1.24. The van der Waals surface area contributed by atoms with Gasteiger partial charge in [-0.2, -0.15) is 0 Å². The molecule has 0 spiro atoms. The standard InChI is InChI=1S/C20H22ClN7O2S2/c1-26-20(23-24-25-26)31-13-18(29)22-15-4-2-14(3-5-15)19(30)28-10-8-27(9-11-28)12-16-6-7-17(21)32-16/h2-7H,8-13H2,1H3,(H,22,29). The predicted molar refractivity (Wildman–Crippen MR) is 125 cm³/mol. The molecule has 1 fully saturated rings. The van der Waals surface area contributed by atoms with Crippen LogP contribution in [0.4, 0.5) is 5.69 Å². The van der Waals surface area contributed by atoms with Crippen LogP contribution in [0.15, 0.2) is 41.6 Å². The molecular weight excluding hydrogens is 470 g/mol. The molecule has 32 heavy (non-hydrogen) atoms. The minimum atomic E-state index is -0.166. The molecule has 0 atom stereocenters. The number of rotatable bonds is 7. The summed E-state index contributed by atoms with van der Waals surface area (Å²) in [6.45, 7) is 3.89. The van der Waals surface area contributed by atoms with Crippen LogP contribution >= 0.6 is 34.7 Å². The quantitative estimate of drug-likeness (QED) is 0.507. The summed E-state index contributed by atoms with van der Waals surface area (Å²) in [5.41, 5.74) is 1.25. The fourth-order valence-electron chi connectivity index (χ4n) is 3.32. The number of thioether (sulfide) groups is 1. The molecule has 0 unspecified atom stereocenters. The lowest BCUT2D eigenvalue weighted by Crippen LogP contribution is -2.48. The molecule has 12 heteroatoms. The minimum absolute atomic E-state index is 0.00651. The van der Waals surface area contributed by atoms with Crippen LogP contribution in [0.2, 0.25) is 4.34 Å². The van der Waals surface area contributed by atoms with Crippen molar-refractivity contribution in [3.63, 3.8) is 0 Å². The van der Waals surface area contributed by atoms with Gasteiger partial charge in [0.25, 0.3) is 5.91 Å². The number of piperazine rings is 1. The molecule has 0 saturated carbocycles. The maximum Gasteiger partial charge on any atom is 0.253 e. The van der Waals surface area contributed by atoms with Crippen LogP contribution in [-0.4, -0.2) is 73.8 Å². The second-order valence-corrected chi connectivity index (χ2v) is 10.0. The molecule has 1 saturated heterocycles. The third kappa shape index (κ3) is 5.85. The van der Waals surface area contributed by atoms with E-state index in [1.165, 1.54) is 21.3 Å². The van der Waals surface area contributed by atoms with Crippen LogP contribution in [0.1, 0.15) is 15.2 Å². The molecule has 2 aromatic heterocycles. The van der Waals surface area contributed by atoms with E-state index in [1.54, 1.807) is 42.6 Å². The normalized spacial score (nSPS) is 14.5. The van der Waals surface area contributed by atoms with Gasteiger partial charge in [0.2, 0.25) is 11.1 Å². The summed E-state index contributed by atoms with van der Waals surface area (Å²) in [5.74, 6) is 0.0314. The zero-order valence-corrected chi connectivity index (χ0v) is 19.8. The molecule has 0 radical (unpaired) electrons. The molecule has 9 nitrogen and oxygen atoms in total. The Bertz CT molecular complexity index is 1080. The lowest BCUT2D eigenvalue weighted by molar-refractivity contribution is -0.113. The van der Waals surface area contributed by atoms with Crippen molar-refractivity contribution < 1.29 is 9.59 Å². The zero-order chi connectivity index (χ0) is 22.5. The molecule has 1 N–H and O–H groups in total. The fourth-order valence-corrected chi connectivity index (χ4v) is 5.10. The number of anilines is 1. The summed E-state index contributed by atoms with van der Waals surface area (Å²) in [6, 6.07) is 11.0. The molecule has 0 bridgehead atoms. The van der Waals surface area contributed by atoms with Gasteiger partial charge in [-0.15, -0.1) is 16.4 Å². The maximum absolute atomic E-state index is 12.8. The molecule has 1 aliphatic heterocycles. The lowest BCUT2D eigenvalue weighted by Gasteiger charge is -2.34. The van der Waals surface area contributed by atoms with Crippen molar-refractivity contribution >= 4 is 52.2 Å². The lowest BCUT2D eigenvalue weighted by atomic mass is 10.1. The Morgan fingerprint density at radius 1 is 1.12 bits per heavy atom. The number of thiophene rings is 1. The van der Waals surface area contributed by atoms with Gasteiger partial charge in [0, 0.05) is 55.9 Å². The fraction of sp³-hybridized carbons (Fsp3) is 0.350. The second kappa shape index (κ2) is 10.4. The number of aryl methyl sites for hydroxylation is 1. The number of aromatic nitrogens is 4. The van der Waals surface area contributed by atoms with Gasteiger partial charge >= 0.3 is 0 Å². The first-order chi connectivity index (χ1) is 15.5. The molecule has 4 rings (SSSR count). The van der Waals surface area contributed by atoms with E-state index in [0.717, 1.165) is 24.0 Å². The van der Waals surface area contributed by atoms with Crippen LogP contribution in [0.25, 0.3) is 0 Å². The number of hydrogen-bond acceptors (Lipinski definition) is 8. The number of carbonyl (C=O) groups excluding carboxylic acids is 2. The van der Waals surface area contributed by atoms with E-state index in [2.05, 4.69) is 31.8 Å². The van der Waals surface area contributed by atoms with Crippen molar-refractivity contribution in [1.29, 1.82) is 0 Å². The monoisotopic (exact) mass is 491 g/mol. The van der Waals surface area contributed by atoms with Gasteiger partial charge < -0.3 is 10.2 Å². The predicted octanol–water partition coefficient (Wildman–Crippen LogP) is 2.61. The summed E-state index contributed by atoms with van der Waals surface area (Å²) < 4.78 is 2.31. The van der Waals surface area contributed by atoms with E-state index < -0.39 is 0 Å². The number of halogens is 1.